The molecule has 114 valence electrons. The van der Waals surface area contributed by atoms with Gasteiger partial charge in [0.25, 0.3) is 0 Å². The molecule has 0 aromatic rings. The summed E-state index contributed by atoms with van der Waals surface area (Å²) in [4.78, 5) is 33.8. The maximum absolute atomic E-state index is 11.7. The van der Waals surface area contributed by atoms with Crippen molar-refractivity contribution in [2.45, 2.75) is 38.2 Å². The zero-order chi connectivity index (χ0) is 15.0. The molecule has 3 N–H and O–H groups in total. The van der Waals surface area contributed by atoms with Gasteiger partial charge in [-0.2, -0.15) is 0 Å². The summed E-state index contributed by atoms with van der Waals surface area (Å²) in [7, 11) is 1.27. The van der Waals surface area contributed by atoms with Gasteiger partial charge in [-0.25, -0.2) is 4.79 Å². The lowest BCUT2D eigenvalue weighted by atomic mass is 10.1. The molecule has 0 radical (unpaired) electrons. The lowest BCUT2D eigenvalue weighted by Crippen LogP contribution is -2.39. The molecule has 1 aliphatic carbocycles. The van der Waals surface area contributed by atoms with E-state index in [1.165, 1.54) is 7.11 Å². The first-order chi connectivity index (χ1) is 9.54. The Kier molecular flexibility index (Phi) is 7.00. The highest BCUT2D eigenvalue weighted by Gasteiger charge is 2.22. The molecule has 1 atom stereocenters. The molecule has 0 aliphatic heterocycles. The molecule has 0 bridgehead atoms. The van der Waals surface area contributed by atoms with Gasteiger partial charge >= 0.3 is 5.97 Å². The van der Waals surface area contributed by atoms with Gasteiger partial charge in [-0.05, 0) is 12.8 Å². The van der Waals surface area contributed by atoms with Crippen molar-refractivity contribution in [2.24, 2.45) is 5.92 Å². The summed E-state index contributed by atoms with van der Waals surface area (Å²) in [6, 6.07) is 0. The van der Waals surface area contributed by atoms with Crippen molar-refractivity contribution in [3.63, 3.8) is 0 Å². The Morgan fingerprint density at radius 3 is 2.45 bits per heavy atom. The molecule has 20 heavy (non-hydrogen) atoms. The molecule has 1 rings (SSSR count). The predicted molar refractivity (Wildman–Crippen MR) is 71.0 cm³/mol. The van der Waals surface area contributed by atoms with Crippen LogP contribution in [0.4, 0.5) is 0 Å². The first-order valence-electron chi connectivity index (χ1n) is 6.84. The van der Waals surface area contributed by atoms with E-state index in [1.54, 1.807) is 0 Å². The lowest BCUT2D eigenvalue weighted by Gasteiger charge is -2.12. The average molecular weight is 286 g/mol. The summed E-state index contributed by atoms with van der Waals surface area (Å²) < 4.78 is 4.69. The number of aliphatic carboxylic acids is 1. The van der Waals surface area contributed by atoms with Crippen molar-refractivity contribution in [1.82, 2.24) is 10.6 Å². The summed E-state index contributed by atoms with van der Waals surface area (Å²) in [5.41, 5.74) is 0. The van der Waals surface area contributed by atoms with Crippen LogP contribution in [-0.2, 0) is 19.1 Å². The standard InChI is InChI=1S/C13H22N2O5/c1-20-10(13(18)19)8-15-11(16)6-7-14-12(17)9-4-2-3-5-9/h9-10H,2-8H2,1H3,(H,14,17)(H,15,16)(H,18,19). The van der Waals surface area contributed by atoms with E-state index in [1.807, 2.05) is 0 Å². The SMILES string of the molecule is COC(CNC(=O)CCNC(=O)C1CCCC1)C(=O)O. The summed E-state index contributed by atoms with van der Waals surface area (Å²) in [6.07, 6.45) is 3.11. The lowest BCUT2D eigenvalue weighted by molar-refractivity contribution is -0.148. The fraction of sp³-hybridized carbons (Fsp3) is 0.769. The van der Waals surface area contributed by atoms with Crippen molar-refractivity contribution in [3.8, 4) is 0 Å². The molecule has 0 aromatic carbocycles. The number of carboxylic acids is 1. The van der Waals surface area contributed by atoms with Crippen LogP contribution in [0.1, 0.15) is 32.1 Å². The molecule has 2 amide bonds. The minimum absolute atomic E-state index is 0.00982. The van der Waals surface area contributed by atoms with Crippen molar-refractivity contribution in [2.75, 3.05) is 20.2 Å². The quantitative estimate of drug-likeness (QED) is 0.578. The molecule has 0 aromatic heterocycles. The summed E-state index contributed by atoms with van der Waals surface area (Å²) in [6.45, 7) is 0.188. The minimum atomic E-state index is -1.12. The number of rotatable bonds is 8. The molecule has 0 spiro atoms. The molecule has 1 fully saturated rings. The number of ether oxygens (including phenoxy) is 1. The Morgan fingerprint density at radius 1 is 1.25 bits per heavy atom. The predicted octanol–water partition coefficient (Wildman–Crippen LogP) is -0.101. The highest BCUT2D eigenvalue weighted by atomic mass is 16.5. The first kappa shape index (κ1) is 16.4. The second kappa shape index (κ2) is 8.52. The van der Waals surface area contributed by atoms with Crippen molar-refractivity contribution < 1.29 is 24.2 Å². The van der Waals surface area contributed by atoms with Crippen LogP contribution in [0.5, 0.6) is 0 Å². The van der Waals surface area contributed by atoms with Gasteiger partial charge in [0.1, 0.15) is 0 Å². The maximum Gasteiger partial charge on any atom is 0.334 e. The average Bonchev–Trinajstić information content (AvgIpc) is 2.92. The van der Waals surface area contributed by atoms with Gasteiger partial charge in [-0.1, -0.05) is 12.8 Å². The third-order valence-corrected chi connectivity index (χ3v) is 3.42. The second-order valence-corrected chi connectivity index (χ2v) is 4.89. The van der Waals surface area contributed by atoms with E-state index in [2.05, 4.69) is 15.4 Å². The van der Waals surface area contributed by atoms with Gasteiger partial charge in [-0.15, -0.1) is 0 Å². The molecular weight excluding hydrogens is 264 g/mol. The van der Waals surface area contributed by atoms with Crippen LogP contribution < -0.4 is 10.6 Å². The number of hydrogen-bond acceptors (Lipinski definition) is 4. The Labute approximate surface area is 118 Å². The minimum Gasteiger partial charge on any atom is -0.479 e. The zero-order valence-electron chi connectivity index (χ0n) is 11.7. The van der Waals surface area contributed by atoms with E-state index in [9.17, 15) is 14.4 Å². The maximum atomic E-state index is 11.7. The summed E-state index contributed by atoms with van der Waals surface area (Å²) >= 11 is 0. The fourth-order valence-corrected chi connectivity index (χ4v) is 2.20. The molecule has 0 heterocycles. The van der Waals surface area contributed by atoms with Crippen LogP contribution in [0, 0.1) is 5.92 Å². The third-order valence-electron chi connectivity index (χ3n) is 3.42. The number of carbonyl (C=O) groups is 3. The van der Waals surface area contributed by atoms with E-state index >= 15 is 0 Å². The second-order valence-electron chi connectivity index (χ2n) is 4.89. The third kappa shape index (κ3) is 5.56. The van der Waals surface area contributed by atoms with E-state index in [-0.39, 0.29) is 37.2 Å². The molecule has 1 saturated carbocycles. The Bertz CT molecular complexity index is 353. The molecule has 0 saturated heterocycles. The number of carboxylic acid groups (broad SMARTS) is 1. The van der Waals surface area contributed by atoms with Gasteiger partial charge in [0, 0.05) is 26.0 Å². The highest BCUT2D eigenvalue weighted by Crippen LogP contribution is 2.24. The van der Waals surface area contributed by atoms with Crippen LogP contribution in [0.3, 0.4) is 0 Å². The largest absolute Gasteiger partial charge is 0.479 e. The normalized spacial score (nSPS) is 16.6. The van der Waals surface area contributed by atoms with Crippen LogP contribution in [0.2, 0.25) is 0 Å². The van der Waals surface area contributed by atoms with Crippen molar-refractivity contribution in [3.05, 3.63) is 0 Å². The van der Waals surface area contributed by atoms with Gasteiger partial charge in [0.15, 0.2) is 6.10 Å². The van der Waals surface area contributed by atoms with E-state index in [4.69, 9.17) is 5.11 Å². The van der Waals surface area contributed by atoms with E-state index < -0.39 is 12.1 Å². The molecule has 7 nitrogen and oxygen atoms in total. The summed E-state index contributed by atoms with van der Waals surface area (Å²) in [5.74, 6) is -1.33. The van der Waals surface area contributed by atoms with Gasteiger partial charge in [-0.3, -0.25) is 9.59 Å². The fourth-order valence-electron chi connectivity index (χ4n) is 2.20. The van der Waals surface area contributed by atoms with Crippen molar-refractivity contribution >= 4 is 17.8 Å². The van der Waals surface area contributed by atoms with Crippen LogP contribution >= 0.6 is 0 Å². The van der Waals surface area contributed by atoms with E-state index in [0.29, 0.717) is 0 Å². The van der Waals surface area contributed by atoms with Gasteiger partial charge in [0.05, 0.1) is 6.54 Å². The molecule has 7 heteroatoms. The van der Waals surface area contributed by atoms with Crippen LogP contribution in [-0.4, -0.2) is 49.2 Å². The Hall–Kier alpha value is -1.63. The zero-order valence-corrected chi connectivity index (χ0v) is 11.7. The molecular formula is C13H22N2O5. The number of methoxy groups -OCH3 is 1. The Morgan fingerprint density at radius 2 is 1.90 bits per heavy atom. The van der Waals surface area contributed by atoms with Crippen LogP contribution in [0.15, 0.2) is 0 Å². The monoisotopic (exact) mass is 286 g/mol. The van der Waals surface area contributed by atoms with Crippen molar-refractivity contribution in [1.29, 1.82) is 0 Å². The van der Waals surface area contributed by atoms with E-state index in [0.717, 1.165) is 25.7 Å². The highest BCUT2D eigenvalue weighted by molar-refractivity contribution is 5.81. The topological polar surface area (TPSA) is 105 Å². The first-order valence-corrected chi connectivity index (χ1v) is 6.84. The number of hydrogen-bond donors (Lipinski definition) is 3. The molecule has 1 aliphatic rings. The van der Waals surface area contributed by atoms with Gasteiger partial charge in [0.2, 0.25) is 11.8 Å². The number of amides is 2. The summed E-state index contributed by atoms with van der Waals surface area (Å²) in [5, 5.41) is 13.9. The Balaban J connectivity index is 2.13. The van der Waals surface area contributed by atoms with Crippen LogP contribution in [0.25, 0.3) is 0 Å². The smallest absolute Gasteiger partial charge is 0.334 e. The molecule has 1 unspecified atom stereocenters. The number of carbonyl (C=O) groups excluding carboxylic acids is 2. The van der Waals surface area contributed by atoms with Gasteiger partial charge < -0.3 is 20.5 Å². The number of nitrogens with one attached hydrogen (secondary N) is 2.